The van der Waals surface area contributed by atoms with Crippen LogP contribution < -0.4 is 9.47 Å². The minimum absolute atomic E-state index is 0.0333. The first-order valence-electron chi connectivity index (χ1n) is 9.08. The molecule has 0 aliphatic carbocycles. The number of thioether (sulfide) groups is 1. The van der Waals surface area contributed by atoms with Gasteiger partial charge in [-0.2, -0.15) is 0 Å². The van der Waals surface area contributed by atoms with Gasteiger partial charge in [0, 0.05) is 22.8 Å². The maximum absolute atomic E-state index is 10.5. The topological polar surface area (TPSA) is 79.2 Å². The Hall–Kier alpha value is -1.44. The summed E-state index contributed by atoms with van der Waals surface area (Å²) in [5, 5.41) is 30.3. The van der Waals surface area contributed by atoms with Gasteiger partial charge in [0.15, 0.2) is 0 Å². The molecule has 0 spiro atoms. The van der Waals surface area contributed by atoms with E-state index < -0.39 is 12.2 Å². The molecule has 1 aliphatic rings. The van der Waals surface area contributed by atoms with Gasteiger partial charge in [0.1, 0.15) is 11.5 Å². The van der Waals surface area contributed by atoms with Crippen LogP contribution in [0.25, 0.3) is 0 Å². The van der Waals surface area contributed by atoms with Crippen molar-refractivity contribution in [3.63, 3.8) is 0 Å². The number of rotatable bonds is 6. The highest BCUT2D eigenvalue weighted by atomic mass is 35.5. The fourth-order valence-corrected chi connectivity index (χ4v) is 5.10. The van der Waals surface area contributed by atoms with Gasteiger partial charge in [0.2, 0.25) is 0 Å². The summed E-state index contributed by atoms with van der Waals surface area (Å²) >= 11 is 7.92. The highest BCUT2D eigenvalue weighted by Crippen LogP contribution is 2.43. The van der Waals surface area contributed by atoms with Crippen LogP contribution in [0.3, 0.4) is 0 Å². The molecular formula is C21H25ClO5S. The van der Waals surface area contributed by atoms with Gasteiger partial charge in [0.25, 0.3) is 0 Å². The lowest BCUT2D eigenvalue weighted by Crippen LogP contribution is -2.39. The number of hydrogen-bond donors (Lipinski definition) is 3. The molecule has 152 valence electrons. The monoisotopic (exact) mass is 424 g/mol. The molecule has 4 atom stereocenters. The summed E-state index contributed by atoms with van der Waals surface area (Å²) < 4.78 is 10.7. The van der Waals surface area contributed by atoms with Gasteiger partial charge in [-0.3, -0.25) is 0 Å². The molecule has 0 radical (unpaired) electrons. The number of ether oxygens (including phenoxy) is 2. The third kappa shape index (κ3) is 4.58. The van der Waals surface area contributed by atoms with Gasteiger partial charge in [-0.15, -0.1) is 11.8 Å². The van der Waals surface area contributed by atoms with E-state index >= 15 is 0 Å². The Morgan fingerprint density at radius 2 is 1.86 bits per heavy atom. The highest BCUT2D eigenvalue weighted by Gasteiger charge is 2.37. The lowest BCUT2D eigenvalue weighted by atomic mass is 9.96. The molecule has 28 heavy (non-hydrogen) atoms. The normalized spacial score (nSPS) is 24.8. The lowest BCUT2D eigenvalue weighted by Gasteiger charge is -2.36. The van der Waals surface area contributed by atoms with Crippen molar-refractivity contribution in [2.75, 3.05) is 20.8 Å². The van der Waals surface area contributed by atoms with Crippen LogP contribution in [0.2, 0.25) is 5.02 Å². The Balaban J connectivity index is 1.90. The predicted molar refractivity (Wildman–Crippen MR) is 112 cm³/mol. The molecule has 3 rings (SSSR count). The number of aliphatic hydroxyl groups excluding tert-OH is 3. The van der Waals surface area contributed by atoms with E-state index in [4.69, 9.17) is 21.1 Å². The van der Waals surface area contributed by atoms with Crippen LogP contribution in [0.4, 0.5) is 0 Å². The van der Waals surface area contributed by atoms with Crippen LogP contribution in [0.1, 0.15) is 28.4 Å². The van der Waals surface area contributed by atoms with Crippen molar-refractivity contribution in [1.29, 1.82) is 0 Å². The number of aliphatic hydroxyl groups is 3. The van der Waals surface area contributed by atoms with Crippen molar-refractivity contribution in [2.24, 2.45) is 0 Å². The first-order chi connectivity index (χ1) is 13.5. The molecule has 1 aliphatic heterocycles. The molecule has 0 bridgehead atoms. The van der Waals surface area contributed by atoms with E-state index in [1.165, 1.54) is 11.8 Å². The van der Waals surface area contributed by atoms with Gasteiger partial charge in [-0.1, -0.05) is 29.8 Å². The first-order valence-corrected chi connectivity index (χ1v) is 10.4. The summed E-state index contributed by atoms with van der Waals surface area (Å²) in [6, 6.07) is 11.3. The molecular weight excluding hydrogens is 400 g/mol. The largest absolute Gasteiger partial charge is 0.497 e. The van der Waals surface area contributed by atoms with E-state index in [9.17, 15) is 15.3 Å². The Kier molecular flexibility index (Phi) is 7.12. The van der Waals surface area contributed by atoms with Crippen LogP contribution in [-0.4, -0.2) is 53.6 Å². The second kappa shape index (κ2) is 9.37. The quantitative estimate of drug-likeness (QED) is 0.660. The van der Waals surface area contributed by atoms with Crippen molar-refractivity contribution in [3.8, 4) is 11.5 Å². The highest BCUT2D eigenvalue weighted by molar-refractivity contribution is 8.00. The summed E-state index contributed by atoms with van der Waals surface area (Å²) in [6.07, 6.45) is -0.816. The average molecular weight is 425 g/mol. The third-order valence-electron chi connectivity index (χ3n) is 5.02. The second-order valence-electron chi connectivity index (χ2n) is 6.86. The third-order valence-corrected chi connectivity index (χ3v) is 6.96. The minimum Gasteiger partial charge on any atom is -0.497 e. The predicted octanol–water partition coefficient (Wildman–Crippen LogP) is 3.21. The Labute approximate surface area is 174 Å². The van der Waals surface area contributed by atoms with E-state index in [1.807, 2.05) is 36.4 Å². The second-order valence-corrected chi connectivity index (χ2v) is 8.71. The zero-order chi connectivity index (χ0) is 20.3. The standard InChI is InChI=1S/C21H25ClO5S/c1-26-15-5-3-12(19(9-15)27-2)7-14-8-13(4-6-17(14)22)21-20(25)18(24)10-16(11-23)28-21/h3-6,8-9,16,18,20-21,23-25H,7,10-11H2,1-2H3/t16-,18-,20+,21-/m0/s1. The molecule has 0 amide bonds. The number of hydrogen-bond acceptors (Lipinski definition) is 6. The van der Waals surface area contributed by atoms with E-state index in [2.05, 4.69) is 0 Å². The molecule has 3 N–H and O–H groups in total. The summed E-state index contributed by atoms with van der Waals surface area (Å²) in [5.74, 6) is 1.43. The minimum atomic E-state index is -0.891. The van der Waals surface area contributed by atoms with E-state index in [-0.39, 0.29) is 17.1 Å². The maximum atomic E-state index is 10.5. The van der Waals surface area contributed by atoms with Crippen LogP contribution in [-0.2, 0) is 6.42 Å². The molecule has 0 unspecified atom stereocenters. The summed E-state index contributed by atoms with van der Waals surface area (Å²) in [7, 11) is 3.22. The summed E-state index contributed by atoms with van der Waals surface area (Å²) in [6.45, 7) is -0.0333. The SMILES string of the molecule is COc1ccc(Cc2cc([C@@H]3S[C@H](CO)C[C@H](O)[C@H]3O)ccc2Cl)c(OC)c1. The first kappa shape index (κ1) is 21.3. The molecule has 1 fully saturated rings. The lowest BCUT2D eigenvalue weighted by molar-refractivity contribution is 0.00526. The van der Waals surface area contributed by atoms with Crippen molar-refractivity contribution < 1.29 is 24.8 Å². The number of benzene rings is 2. The van der Waals surface area contributed by atoms with Gasteiger partial charge in [-0.25, -0.2) is 0 Å². The Bertz CT molecular complexity index is 815. The fourth-order valence-electron chi connectivity index (χ4n) is 3.46. The molecule has 2 aromatic carbocycles. The Morgan fingerprint density at radius 1 is 1.07 bits per heavy atom. The molecule has 0 aromatic heterocycles. The zero-order valence-electron chi connectivity index (χ0n) is 15.8. The van der Waals surface area contributed by atoms with Crippen LogP contribution in [0, 0.1) is 0 Å². The van der Waals surface area contributed by atoms with Crippen molar-refractivity contribution in [3.05, 3.63) is 58.1 Å². The van der Waals surface area contributed by atoms with E-state index in [0.717, 1.165) is 16.7 Å². The van der Waals surface area contributed by atoms with Crippen molar-refractivity contribution in [1.82, 2.24) is 0 Å². The molecule has 1 saturated heterocycles. The van der Waals surface area contributed by atoms with Crippen molar-refractivity contribution in [2.45, 2.75) is 35.5 Å². The maximum Gasteiger partial charge on any atom is 0.126 e. The summed E-state index contributed by atoms with van der Waals surface area (Å²) in [5.41, 5.74) is 2.74. The van der Waals surface area contributed by atoms with Crippen LogP contribution in [0.15, 0.2) is 36.4 Å². The summed E-state index contributed by atoms with van der Waals surface area (Å²) in [4.78, 5) is 0. The molecule has 7 heteroatoms. The van der Waals surface area contributed by atoms with Gasteiger partial charge < -0.3 is 24.8 Å². The molecule has 5 nitrogen and oxygen atoms in total. The zero-order valence-corrected chi connectivity index (χ0v) is 17.4. The number of methoxy groups -OCH3 is 2. The van der Waals surface area contributed by atoms with Gasteiger partial charge in [-0.05, 0) is 35.2 Å². The van der Waals surface area contributed by atoms with Gasteiger partial charge in [0.05, 0.1) is 38.3 Å². The van der Waals surface area contributed by atoms with Crippen LogP contribution >= 0.6 is 23.4 Å². The van der Waals surface area contributed by atoms with Crippen LogP contribution in [0.5, 0.6) is 11.5 Å². The van der Waals surface area contributed by atoms with Gasteiger partial charge >= 0.3 is 0 Å². The van der Waals surface area contributed by atoms with Crippen molar-refractivity contribution >= 4 is 23.4 Å². The number of halogens is 1. The average Bonchev–Trinajstić information content (AvgIpc) is 2.71. The molecule has 2 aromatic rings. The van der Waals surface area contributed by atoms with E-state index in [0.29, 0.717) is 29.4 Å². The smallest absolute Gasteiger partial charge is 0.126 e. The van der Waals surface area contributed by atoms with E-state index in [1.54, 1.807) is 14.2 Å². The molecule has 0 saturated carbocycles. The molecule has 1 heterocycles. The Morgan fingerprint density at radius 3 is 2.54 bits per heavy atom. The fraction of sp³-hybridized carbons (Fsp3) is 0.429.